The van der Waals surface area contributed by atoms with Gasteiger partial charge in [-0.25, -0.2) is 0 Å². The standard InChI is InChI=1S/C11H22O2S/c1-3-11(13,4-2)10(9-12)5-7-14-8-6-10/h12-13H,3-9H2,1-2H3. The fraction of sp³-hybridized carbons (Fsp3) is 1.00. The second-order valence-corrected chi connectivity index (χ2v) is 5.51. The Kier molecular flexibility index (Phi) is 4.29. The van der Waals surface area contributed by atoms with Crippen LogP contribution in [0, 0.1) is 5.41 Å². The largest absolute Gasteiger partial charge is 0.396 e. The SMILES string of the molecule is CCC(O)(CC)C1(CO)CCSCC1. The number of rotatable bonds is 4. The predicted molar refractivity (Wildman–Crippen MR) is 61.6 cm³/mol. The van der Waals surface area contributed by atoms with E-state index in [2.05, 4.69) is 0 Å². The molecular formula is C11H22O2S. The average Bonchev–Trinajstić information content (AvgIpc) is 2.28. The summed E-state index contributed by atoms with van der Waals surface area (Å²) < 4.78 is 0. The molecule has 0 aliphatic carbocycles. The summed E-state index contributed by atoms with van der Waals surface area (Å²) in [6.07, 6.45) is 3.39. The van der Waals surface area contributed by atoms with Gasteiger partial charge in [0.15, 0.2) is 0 Å². The molecule has 1 aliphatic rings. The van der Waals surface area contributed by atoms with Crippen molar-refractivity contribution in [3.63, 3.8) is 0 Å². The second-order valence-electron chi connectivity index (χ2n) is 4.29. The molecule has 0 aromatic rings. The molecule has 0 aromatic heterocycles. The van der Waals surface area contributed by atoms with Crippen LogP contribution in [0.5, 0.6) is 0 Å². The van der Waals surface area contributed by atoms with Gasteiger partial charge in [-0.15, -0.1) is 0 Å². The lowest BCUT2D eigenvalue weighted by molar-refractivity contribution is -0.119. The zero-order valence-electron chi connectivity index (χ0n) is 9.25. The average molecular weight is 218 g/mol. The molecule has 84 valence electrons. The zero-order valence-corrected chi connectivity index (χ0v) is 10.1. The first kappa shape index (κ1) is 12.3. The Balaban J connectivity index is 2.85. The van der Waals surface area contributed by atoms with Crippen molar-refractivity contribution in [3.05, 3.63) is 0 Å². The Morgan fingerprint density at radius 3 is 2.07 bits per heavy atom. The first-order valence-electron chi connectivity index (χ1n) is 5.55. The van der Waals surface area contributed by atoms with Crippen molar-refractivity contribution in [2.75, 3.05) is 18.1 Å². The molecule has 0 unspecified atom stereocenters. The Morgan fingerprint density at radius 2 is 1.71 bits per heavy atom. The molecule has 3 heteroatoms. The van der Waals surface area contributed by atoms with Gasteiger partial charge in [-0.2, -0.15) is 11.8 Å². The Hall–Kier alpha value is 0.270. The molecule has 1 aliphatic heterocycles. The summed E-state index contributed by atoms with van der Waals surface area (Å²) >= 11 is 1.93. The molecule has 0 spiro atoms. The lowest BCUT2D eigenvalue weighted by Crippen LogP contribution is -2.52. The minimum absolute atomic E-state index is 0.131. The van der Waals surface area contributed by atoms with Crippen molar-refractivity contribution < 1.29 is 10.2 Å². The van der Waals surface area contributed by atoms with Gasteiger partial charge in [0.05, 0.1) is 12.2 Å². The van der Waals surface area contributed by atoms with Crippen molar-refractivity contribution >= 4 is 11.8 Å². The third-order valence-corrected chi connectivity index (χ3v) is 4.90. The van der Waals surface area contributed by atoms with Crippen LogP contribution in [0.15, 0.2) is 0 Å². The monoisotopic (exact) mass is 218 g/mol. The van der Waals surface area contributed by atoms with Crippen LogP contribution < -0.4 is 0 Å². The van der Waals surface area contributed by atoms with E-state index in [0.29, 0.717) is 0 Å². The van der Waals surface area contributed by atoms with Crippen LogP contribution >= 0.6 is 11.8 Å². The maximum Gasteiger partial charge on any atom is 0.0721 e. The van der Waals surface area contributed by atoms with E-state index in [9.17, 15) is 10.2 Å². The van der Waals surface area contributed by atoms with Gasteiger partial charge in [0.25, 0.3) is 0 Å². The van der Waals surface area contributed by atoms with E-state index in [-0.39, 0.29) is 12.0 Å². The minimum atomic E-state index is -0.664. The Morgan fingerprint density at radius 1 is 1.21 bits per heavy atom. The molecule has 2 nitrogen and oxygen atoms in total. The third-order valence-electron chi connectivity index (χ3n) is 3.91. The molecule has 0 saturated carbocycles. The van der Waals surface area contributed by atoms with Crippen LogP contribution in [0.4, 0.5) is 0 Å². The topological polar surface area (TPSA) is 40.5 Å². The Labute approximate surface area is 91.1 Å². The van der Waals surface area contributed by atoms with Gasteiger partial charge < -0.3 is 10.2 Å². The van der Waals surface area contributed by atoms with Gasteiger partial charge >= 0.3 is 0 Å². The fourth-order valence-electron chi connectivity index (χ4n) is 2.53. The molecule has 0 bridgehead atoms. The fourth-order valence-corrected chi connectivity index (χ4v) is 3.81. The van der Waals surface area contributed by atoms with Crippen LogP contribution in [0.1, 0.15) is 39.5 Å². The summed E-state index contributed by atoms with van der Waals surface area (Å²) in [5.41, 5.74) is -0.898. The van der Waals surface area contributed by atoms with Gasteiger partial charge in [0, 0.05) is 5.41 Å². The number of thioether (sulfide) groups is 1. The lowest BCUT2D eigenvalue weighted by atomic mass is 9.66. The molecule has 0 amide bonds. The highest BCUT2D eigenvalue weighted by atomic mass is 32.2. The number of aliphatic hydroxyl groups excluding tert-OH is 1. The molecule has 1 fully saturated rings. The van der Waals surface area contributed by atoms with E-state index in [1.54, 1.807) is 0 Å². The highest BCUT2D eigenvalue weighted by Crippen LogP contribution is 2.46. The molecule has 0 aromatic carbocycles. The molecule has 0 radical (unpaired) electrons. The van der Waals surface area contributed by atoms with Crippen LogP contribution in [0.25, 0.3) is 0 Å². The molecule has 14 heavy (non-hydrogen) atoms. The molecule has 1 heterocycles. The first-order valence-corrected chi connectivity index (χ1v) is 6.70. The lowest BCUT2D eigenvalue weighted by Gasteiger charge is -2.48. The van der Waals surface area contributed by atoms with Crippen molar-refractivity contribution in [2.24, 2.45) is 5.41 Å². The predicted octanol–water partition coefficient (Wildman–Crippen LogP) is 2.04. The van der Waals surface area contributed by atoms with E-state index in [1.807, 2.05) is 25.6 Å². The minimum Gasteiger partial charge on any atom is -0.396 e. The summed E-state index contributed by atoms with van der Waals surface area (Å²) in [5.74, 6) is 2.14. The third kappa shape index (κ3) is 1.95. The first-order chi connectivity index (χ1) is 6.64. The van der Waals surface area contributed by atoms with Crippen molar-refractivity contribution in [1.29, 1.82) is 0 Å². The van der Waals surface area contributed by atoms with Crippen molar-refractivity contribution in [3.8, 4) is 0 Å². The van der Waals surface area contributed by atoms with E-state index in [1.165, 1.54) is 0 Å². The maximum absolute atomic E-state index is 10.5. The molecule has 1 rings (SSSR count). The van der Waals surface area contributed by atoms with Gasteiger partial charge in [-0.1, -0.05) is 13.8 Å². The highest BCUT2D eigenvalue weighted by molar-refractivity contribution is 7.99. The maximum atomic E-state index is 10.5. The van der Waals surface area contributed by atoms with Crippen LogP contribution in [-0.4, -0.2) is 33.9 Å². The molecule has 1 saturated heterocycles. The summed E-state index contributed by atoms with van der Waals surface area (Å²) in [6, 6.07) is 0. The van der Waals surface area contributed by atoms with Gasteiger partial charge in [0.2, 0.25) is 0 Å². The molecular weight excluding hydrogens is 196 g/mol. The van der Waals surface area contributed by atoms with Gasteiger partial charge in [0.1, 0.15) is 0 Å². The normalized spacial score (nSPS) is 22.3. The summed E-state index contributed by atoms with van der Waals surface area (Å²) in [5, 5.41) is 20.1. The van der Waals surface area contributed by atoms with Gasteiger partial charge in [-0.05, 0) is 37.2 Å². The van der Waals surface area contributed by atoms with E-state index in [4.69, 9.17) is 0 Å². The zero-order chi connectivity index (χ0) is 10.7. The van der Waals surface area contributed by atoms with Crippen molar-refractivity contribution in [1.82, 2.24) is 0 Å². The van der Waals surface area contributed by atoms with E-state index < -0.39 is 5.60 Å². The smallest absolute Gasteiger partial charge is 0.0721 e. The van der Waals surface area contributed by atoms with Crippen LogP contribution in [-0.2, 0) is 0 Å². The summed E-state index contributed by atoms with van der Waals surface area (Å²) in [7, 11) is 0. The summed E-state index contributed by atoms with van der Waals surface area (Å²) in [4.78, 5) is 0. The quantitative estimate of drug-likeness (QED) is 0.758. The van der Waals surface area contributed by atoms with E-state index in [0.717, 1.165) is 37.2 Å². The second kappa shape index (κ2) is 4.86. The number of aliphatic hydroxyl groups is 2. The highest BCUT2D eigenvalue weighted by Gasteiger charge is 2.47. The van der Waals surface area contributed by atoms with Crippen LogP contribution in [0.2, 0.25) is 0 Å². The Bertz CT molecular complexity index is 172. The van der Waals surface area contributed by atoms with E-state index >= 15 is 0 Å². The molecule has 2 N–H and O–H groups in total. The molecule has 0 atom stereocenters. The van der Waals surface area contributed by atoms with Crippen LogP contribution in [0.3, 0.4) is 0 Å². The van der Waals surface area contributed by atoms with Gasteiger partial charge in [-0.3, -0.25) is 0 Å². The van der Waals surface area contributed by atoms with Crippen molar-refractivity contribution in [2.45, 2.75) is 45.1 Å². The summed E-state index contributed by atoms with van der Waals surface area (Å²) in [6.45, 7) is 4.16. The number of hydrogen-bond acceptors (Lipinski definition) is 3. The number of hydrogen-bond donors (Lipinski definition) is 2.